The van der Waals surface area contributed by atoms with Crippen molar-refractivity contribution in [3.8, 4) is 11.8 Å². The quantitative estimate of drug-likeness (QED) is 0.279. The van der Waals surface area contributed by atoms with E-state index in [9.17, 15) is 19.8 Å². The molecule has 3 rings (SSSR count). The van der Waals surface area contributed by atoms with Gasteiger partial charge in [-0.25, -0.2) is 0 Å². The second kappa shape index (κ2) is 14.7. The zero-order valence-electron chi connectivity index (χ0n) is 23.3. The molecule has 0 unspecified atom stereocenters. The van der Waals surface area contributed by atoms with Crippen molar-refractivity contribution >= 4 is 40.4 Å². The van der Waals surface area contributed by atoms with Crippen LogP contribution in [0.1, 0.15) is 64.2 Å². The lowest BCUT2D eigenvalue weighted by atomic mass is 9.86. The highest BCUT2D eigenvalue weighted by molar-refractivity contribution is 9.10. The Morgan fingerprint density at radius 3 is 1.36 bits per heavy atom. The van der Waals surface area contributed by atoms with Gasteiger partial charge in [0.05, 0.1) is 17.0 Å². The molecule has 0 aliphatic carbocycles. The highest BCUT2D eigenvalue weighted by Crippen LogP contribution is 2.37. The van der Waals surface area contributed by atoms with Crippen LogP contribution in [0.2, 0.25) is 0 Å². The van der Waals surface area contributed by atoms with Gasteiger partial charge in [0.2, 0.25) is 11.8 Å². The van der Waals surface area contributed by atoms with E-state index in [2.05, 4.69) is 35.1 Å². The summed E-state index contributed by atoms with van der Waals surface area (Å²) < 4.78 is 6.83. The van der Waals surface area contributed by atoms with Crippen LogP contribution in [0.25, 0.3) is 0 Å². The zero-order chi connectivity index (χ0) is 29.4. The van der Waals surface area contributed by atoms with Crippen molar-refractivity contribution in [1.82, 2.24) is 23.6 Å². The van der Waals surface area contributed by atoms with Crippen LogP contribution in [0.15, 0.2) is 38.3 Å². The molecule has 0 radical (unpaired) electrons. The van der Waals surface area contributed by atoms with Crippen LogP contribution >= 0.6 is 40.4 Å². The van der Waals surface area contributed by atoms with Crippen molar-refractivity contribution in [3.63, 3.8) is 0 Å². The van der Waals surface area contributed by atoms with Crippen LogP contribution in [-0.4, -0.2) is 41.6 Å². The molecule has 2 heterocycles. The first-order valence-corrected chi connectivity index (χ1v) is 14.8. The first-order valence-electron chi connectivity index (χ1n) is 13.1. The Labute approximate surface area is 247 Å². The minimum Gasteiger partial charge on any atom is -0.494 e. The number of benzene rings is 1. The van der Waals surface area contributed by atoms with E-state index < -0.39 is 17.0 Å². The van der Waals surface area contributed by atoms with Gasteiger partial charge in [-0.05, 0) is 82.9 Å². The molecule has 39 heavy (non-hydrogen) atoms. The van der Waals surface area contributed by atoms with Gasteiger partial charge in [0, 0.05) is 30.7 Å². The molecule has 0 saturated heterocycles. The molecule has 0 aliphatic rings. The van der Waals surface area contributed by atoms with E-state index >= 15 is 0 Å². The van der Waals surface area contributed by atoms with Crippen LogP contribution in [0.4, 0.5) is 0 Å². The van der Waals surface area contributed by atoms with Crippen molar-refractivity contribution in [3.05, 3.63) is 75.7 Å². The first kappa shape index (κ1) is 32.7. The predicted molar refractivity (Wildman–Crippen MR) is 164 cm³/mol. The first-order chi connectivity index (χ1) is 18.6. The van der Waals surface area contributed by atoms with Gasteiger partial charge in [0.25, 0.3) is 11.1 Å². The molecule has 0 aliphatic heterocycles. The molecule has 12 heteroatoms. The zero-order valence-corrected chi connectivity index (χ0v) is 26.5. The van der Waals surface area contributed by atoms with Crippen molar-refractivity contribution in [2.45, 2.75) is 73.6 Å². The number of nitrogens with zero attached hydrogens (tertiary/aromatic N) is 4. The van der Waals surface area contributed by atoms with Crippen LogP contribution in [-0.2, 0) is 26.2 Å². The second-order valence-corrected chi connectivity index (χ2v) is 10.2. The Morgan fingerprint density at radius 2 is 1.08 bits per heavy atom. The molecule has 0 saturated carbocycles. The molecule has 0 fully saturated rings. The maximum Gasteiger partial charge on any atom is 0.262 e. The number of aromatic hydroxyl groups is 2. The molecule has 214 valence electrons. The molecule has 3 N–H and O–H groups in total. The lowest BCUT2D eigenvalue weighted by Gasteiger charge is -2.25. The molecule has 0 amide bonds. The van der Waals surface area contributed by atoms with Gasteiger partial charge in [0.15, 0.2) is 9.54 Å². The maximum atomic E-state index is 13.7. The van der Waals surface area contributed by atoms with Gasteiger partial charge in [-0.2, -0.15) is 0 Å². The number of hydrogen-bond acceptors (Lipinski definition) is 7. The third-order valence-corrected chi connectivity index (χ3v) is 7.82. The molecule has 0 atom stereocenters. The normalized spacial score (nSPS) is 11.0. The Hall–Kier alpha value is -2.54. The van der Waals surface area contributed by atoms with Crippen LogP contribution < -0.4 is 16.4 Å². The average Bonchev–Trinajstić information content (AvgIpc) is 2.90. The van der Waals surface area contributed by atoms with Crippen molar-refractivity contribution in [2.75, 3.05) is 13.1 Å². The van der Waals surface area contributed by atoms with Crippen molar-refractivity contribution in [2.24, 2.45) is 0 Å². The van der Waals surface area contributed by atoms with E-state index in [4.69, 9.17) is 24.4 Å². The molecule has 3 aromatic rings. The molecule has 0 bridgehead atoms. The van der Waals surface area contributed by atoms with Crippen LogP contribution in [0, 0.1) is 9.54 Å². The van der Waals surface area contributed by atoms with E-state index in [0.717, 1.165) is 17.6 Å². The molecule has 2 aromatic heterocycles. The fourth-order valence-electron chi connectivity index (χ4n) is 4.44. The number of hydrogen-bond donors (Lipinski definition) is 3. The fourth-order valence-corrected chi connectivity index (χ4v) is 5.55. The minimum absolute atomic E-state index is 0.0329. The summed E-state index contributed by atoms with van der Waals surface area (Å²) in [5.41, 5.74) is -0.554. The second-order valence-electron chi connectivity index (χ2n) is 8.57. The molecular weight excluding hydrogens is 602 g/mol. The summed E-state index contributed by atoms with van der Waals surface area (Å²) in [5.74, 6) is -1.73. The summed E-state index contributed by atoms with van der Waals surface area (Å²) in [4.78, 5) is 27.3. The van der Waals surface area contributed by atoms with Gasteiger partial charge in [-0.15, -0.1) is 0 Å². The highest BCUT2D eigenvalue weighted by atomic mass is 79.9. The third-order valence-electron chi connectivity index (χ3n) is 6.41. The lowest BCUT2D eigenvalue weighted by molar-refractivity contribution is 0.380. The summed E-state index contributed by atoms with van der Waals surface area (Å²) >= 11 is 14.3. The van der Waals surface area contributed by atoms with Gasteiger partial charge in [-0.3, -0.25) is 27.9 Å². The predicted octanol–water partition coefficient (Wildman–Crippen LogP) is 5.12. The monoisotopic (exact) mass is 639 g/mol. The molecule has 9 nitrogen and oxygen atoms in total. The highest BCUT2D eigenvalue weighted by Gasteiger charge is 2.33. The summed E-state index contributed by atoms with van der Waals surface area (Å²) in [6, 6.07) is 7.04. The number of rotatable bonds is 9. The standard InChI is InChI=1S/C23H27BrN4O4S2.C4H11N/c1-5-25-18(29)16(19(30)26(6-2)22(25)33)15(13-9-11-14(24)12-10-13)17-20(31)27(7-3)23(34)28(8-4)21(17)32;1-3-5-4-2/h9-12,15,29,31H,5-8H2,1-4H3;5H,3-4H2,1-2H3. The summed E-state index contributed by atoms with van der Waals surface area (Å²) in [7, 11) is 0. The SMILES string of the molecule is CCNCC.CCn1c(O)c(C(c2ccc(Br)cc2)c2c(O)n(CC)c(=S)n(CC)c2=O)c(=O)n(CC)c1=S. The van der Waals surface area contributed by atoms with Crippen LogP contribution in [0.5, 0.6) is 11.8 Å². The smallest absolute Gasteiger partial charge is 0.262 e. The number of aromatic nitrogens is 4. The third kappa shape index (κ3) is 6.62. The largest absolute Gasteiger partial charge is 0.494 e. The molecular formula is C27H38BrN5O4S2. The van der Waals surface area contributed by atoms with Crippen molar-refractivity contribution in [1.29, 1.82) is 0 Å². The van der Waals surface area contributed by atoms with Gasteiger partial charge < -0.3 is 15.5 Å². The van der Waals surface area contributed by atoms with Gasteiger partial charge in [-0.1, -0.05) is 41.9 Å². The number of halogens is 1. The Morgan fingerprint density at radius 1 is 0.718 bits per heavy atom. The fraction of sp³-hybridized carbons (Fsp3) is 0.481. The Kier molecular flexibility index (Phi) is 12.3. The van der Waals surface area contributed by atoms with E-state index in [1.54, 1.807) is 52.0 Å². The molecule has 1 aromatic carbocycles. The van der Waals surface area contributed by atoms with Crippen molar-refractivity contribution < 1.29 is 10.2 Å². The average molecular weight is 641 g/mol. The van der Waals surface area contributed by atoms with E-state index in [1.807, 2.05) is 0 Å². The Balaban J connectivity index is 0.000000976. The summed E-state index contributed by atoms with van der Waals surface area (Å²) in [5, 5.41) is 25.6. The van der Waals surface area contributed by atoms with E-state index in [1.165, 1.54) is 18.3 Å². The minimum atomic E-state index is -1.06. The summed E-state index contributed by atoms with van der Waals surface area (Å²) in [6.07, 6.45) is 0. The number of nitrogens with one attached hydrogen (secondary N) is 1. The topological polar surface area (TPSA) is 106 Å². The van der Waals surface area contributed by atoms with E-state index in [0.29, 0.717) is 18.7 Å². The van der Waals surface area contributed by atoms with Crippen LogP contribution in [0.3, 0.4) is 0 Å². The van der Waals surface area contributed by atoms with Gasteiger partial charge >= 0.3 is 0 Å². The van der Waals surface area contributed by atoms with Gasteiger partial charge in [0.1, 0.15) is 0 Å². The maximum absolute atomic E-state index is 13.7. The van der Waals surface area contributed by atoms with E-state index in [-0.39, 0.29) is 45.5 Å². The summed E-state index contributed by atoms with van der Waals surface area (Å²) in [6.45, 7) is 14.8. The Bertz CT molecular complexity index is 1430. The lowest BCUT2D eigenvalue weighted by Crippen LogP contribution is -2.34. The molecule has 0 spiro atoms.